The summed E-state index contributed by atoms with van der Waals surface area (Å²) in [7, 11) is 0. The summed E-state index contributed by atoms with van der Waals surface area (Å²) in [5.41, 5.74) is 1.10. The van der Waals surface area contributed by atoms with Crippen molar-refractivity contribution in [2.75, 3.05) is 13.1 Å². The molecule has 1 aliphatic rings. The quantitative estimate of drug-likeness (QED) is 0.929. The molecule has 0 spiro atoms. The lowest BCUT2D eigenvalue weighted by Crippen LogP contribution is -2.34. The van der Waals surface area contributed by atoms with Crippen molar-refractivity contribution in [3.05, 3.63) is 23.2 Å². The lowest BCUT2D eigenvalue weighted by atomic mass is 10.1. The van der Waals surface area contributed by atoms with Gasteiger partial charge in [-0.2, -0.15) is 0 Å². The Morgan fingerprint density at radius 2 is 2.21 bits per heavy atom. The number of aromatic nitrogens is 1. The van der Waals surface area contributed by atoms with Crippen LogP contribution in [0.15, 0.2) is 18.2 Å². The van der Waals surface area contributed by atoms with E-state index in [0.29, 0.717) is 6.10 Å². The highest BCUT2D eigenvalue weighted by Gasteiger charge is 2.14. The van der Waals surface area contributed by atoms with Crippen LogP contribution in [0.4, 0.5) is 0 Å². The molecule has 2 heterocycles. The maximum atomic E-state index is 6.07. The highest BCUT2D eigenvalue weighted by molar-refractivity contribution is 7.18. The Labute approximate surface area is 118 Å². The molecular formula is C15H20N2OS. The third-order valence-corrected chi connectivity index (χ3v) is 4.53. The van der Waals surface area contributed by atoms with Gasteiger partial charge in [0.15, 0.2) is 0 Å². The van der Waals surface area contributed by atoms with Crippen molar-refractivity contribution < 1.29 is 4.74 Å². The van der Waals surface area contributed by atoms with Gasteiger partial charge in [0.05, 0.1) is 15.2 Å². The normalized spacial score (nSPS) is 16.9. The largest absolute Gasteiger partial charge is 0.490 e. The van der Waals surface area contributed by atoms with Gasteiger partial charge in [0.2, 0.25) is 0 Å². The second-order valence-electron chi connectivity index (χ2n) is 5.05. The predicted octanol–water partition coefficient (Wildman–Crippen LogP) is 3.38. The molecule has 3 nitrogen and oxygen atoms in total. The van der Waals surface area contributed by atoms with Gasteiger partial charge in [-0.15, -0.1) is 11.3 Å². The standard InChI is InChI=1S/C15H20N2OS/c1-2-3-15-17-13-5-4-12(10-14(13)19-15)18-11-6-8-16-9-7-11/h4-5,10-11,16H,2-3,6-9H2,1H3. The number of piperidine rings is 1. The lowest BCUT2D eigenvalue weighted by Gasteiger charge is -2.23. The Balaban J connectivity index is 1.76. The second kappa shape index (κ2) is 5.88. The Morgan fingerprint density at radius 3 is 3.00 bits per heavy atom. The van der Waals surface area contributed by atoms with Crippen LogP contribution in [0.25, 0.3) is 10.2 Å². The average Bonchev–Trinajstić information content (AvgIpc) is 2.82. The molecule has 102 valence electrons. The molecule has 0 atom stereocenters. The minimum Gasteiger partial charge on any atom is -0.490 e. The van der Waals surface area contributed by atoms with Crippen LogP contribution in [0, 0.1) is 0 Å². The van der Waals surface area contributed by atoms with Crippen LogP contribution < -0.4 is 10.1 Å². The van der Waals surface area contributed by atoms with Crippen molar-refractivity contribution in [3.63, 3.8) is 0 Å². The molecule has 1 aliphatic heterocycles. The predicted molar refractivity (Wildman–Crippen MR) is 80.1 cm³/mol. The number of hydrogen-bond donors (Lipinski definition) is 1. The number of thiazole rings is 1. The molecule has 19 heavy (non-hydrogen) atoms. The first-order valence-corrected chi connectivity index (χ1v) is 7.93. The summed E-state index contributed by atoms with van der Waals surface area (Å²) < 4.78 is 7.32. The smallest absolute Gasteiger partial charge is 0.121 e. The average molecular weight is 276 g/mol. The summed E-state index contributed by atoms with van der Waals surface area (Å²) in [6, 6.07) is 6.29. The summed E-state index contributed by atoms with van der Waals surface area (Å²) in [6.45, 7) is 4.32. The van der Waals surface area contributed by atoms with E-state index in [0.717, 1.165) is 50.0 Å². The molecular weight excluding hydrogens is 256 g/mol. The minimum absolute atomic E-state index is 0.363. The molecule has 1 N–H and O–H groups in total. The van der Waals surface area contributed by atoms with Crippen LogP contribution in [0.3, 0.4) is 0 Å². The Hall–Kier alpha value is -1.13. The monoisotopic (exact) mass is 276 g/mol. The molecule has 0 radical (unpaired) electrons. The van der Waals surface area contributed by atoms with E-state index in [-0.39, 0.29) is 0 Å². The van der Waals surface area contributed by atoms with Gasteiger partial charge in [0, 0.05) is 0 Å². The van der Waals surface area contributed by atoms with Gasteiger partial charge in [0.25, 0.3) is 0 Å². The van der Waals surface area contributed by atoms with Crippen LogP contribution in [-0.2, 0) is 6.42 Å². The zero-order chi connectivity index (χ0) is 13.1. The van der Waals surface area contributed by atoms with Crippen LogP contribution in [0.5, 0.6) is 5.75 Å². The van der Waals surface area contributed by atoms with Gasteiger partial charge in [-0.05, 0) is 57.0 Å². The molecule has 0 bridgehead atoms. The third kappa shape index (κ3) is 3.07. The first-order chi connectivity index (χ1) is 9.35. The number of nitrogens with one attached hydrogen (secondary N) is 1. The number of benzene rings is 1. The zero-order valence-electron chi connectivity index (χ0n) is 11.3. The fourth-order valence-electron chi connectivity index (χ4n) is 2.45. The van der Waals surface area contributed by atoms with Crippen LogP contribution in [0.1, 0.15) is 31.2 Å². The molecule has 0 aliphatic carbocycles. The highest BCUT2D eigenvalue weighted by Crippen LogP contribution is 2.28. The molecule has 1 fully saturated rings. The van der Waals surface area contributed by atoms with Gasteiger partial charge in [0.1, 0.15) is 11.9 Å². The van der Waals surface area contributed by atoms with Crippen molar-refractivity contribution in [1.29, 1.82) is 0 Å². The SMILES string of the molecule is CCCc1nc2ccc(OC3CCNCC3)cc2s1. The fourth-order valence-corrected chi connectivity index (χ4v) is 3.55. The molecule has 0 unspecified atom stereocenters. The van der Waals surface area contributed by atoms with Gasteiger partial charge in [-0.1, -0.05) is 6.92 Å². The molecule has 4 heteroatoms. The van der Waals surface area contributed by atoms with Crippen molar-refractivity contribution in [1.82, 2.24) is 10.3 Å². The maximum absolute atomic E-state index is 6.07. The molecule has 3 rings (SSSR count). The van der Waals surface area contributed by atoms with E-state index in [1.807, 2.05) is 0 Å². The van der Waals surface area contributed by atoms with Gasteiger partial charge < -0.3 is 10.1 Å². The minimum atomic E-state index is 0.363. The molecule has 0 amide bonds. The third-order valence-electron chi connectivity index (χ3n) is 3.46. The highest BCUT2D eigenvalue weighted by atomic mass is 32.1. The van der Waals surface area contributed by atoms with E-state index in [4.69, 9.17) is 4.74 Å². The van der Waals surface area contributed by atoms with Crippen LogP contribution in [-0.4, -0.2) is 24.2 Å². The topological polar surface area (TPSA) is 34.1 Å². The fraction of sp³-hybridized carbons (Fsp3) is 0.533. The first kappa shape index (κ1) is 12.9. The second-order valence-corrected chi connectivity index (χ2v) is 6.17. The van der Waals surface area contributed by atoms with E-state index in [1.165, 1.54) is 9.71 Å². The first-order valence-electron chi connectivity index (χ1n) is 7.12. The Bertz CT molecular complexity index is 546. The number of hydrogen-bond acceptors (Lipinski definition) is 4. The molecule has 2 aromatic rings. The van der Waals surface area contributed by atoms with Crippen molar-refractivity contribution in [3.8, 4) is 5.75 Å². The molecule has 1 aromatic carbocycles. The lowest BCUT2D eigenvalue weighted by molar-refractivity contribution is 0.162. The summed E-state index contributed by atoms with van der Waals surface area (Å²) >= 11 is 1.79. The van der Waals surface area contributed by atoms with Gasteiger partial charge >= 0.3 is 0 Å². The Kier molecular flexibility index (Phi) is 3.99. The van der Waals surface area contributed by atoms with Crippen LogP contribution in [0.2, 0.25) is 0 Å². The summed E-state index contributed by atoms with van der Waals surface area (Å²) in [4.78, 5) is 4.64. The van der Waals surface area contributed by atoms with E-state index in [9.17, 15) is 0 Å². The zero-order valence-corrected chi connectivity index (χ0v) is 12.1. The van der Waals surface area contributed by atoms with Crippen molar-refractivity contribution in [2.24, 2.45) is 0 Å². The van der Waals surface area contributed by atoms with E-state index >= 15 is 0 Å². The number of fused-ring (bicyclic) bond motifs is 1. The Morgan fingerprint density at radius 1 is 1.37 bits per heavy atom. The summed E-state index contributed by atoms with van der Waals surface area (Å²) in [6.07, 6.45) is 4.79. The van der Waals surface area contributed by atoms with Gasteiger partial charge in [-0.3, -0.25) is 0 Å². The number of aryl methyl sites for hydroxylation is 1. The summed E-state index contributed by atoms with van der Waals surface area (Å²) in [5.74, 6) is 0.992. The van der Waals surface area contributed by atoms with Gasteiger partial charge in [-0.25, -0.2) is 4.98 Å². The van der Waals surface area contributed by atoms with E-state index < -0.39 is 0 Å². The van der Waals surface area contributed by atoms with E-state index in [2.05, 4.69) is 35.4 Å². The molecule has 1 aromatic heterocycles. The number of rotatable bonds is 4. The maximum Gasteiger partial charge on any atom is 0.121 e. The summed E-state index contributed by atoms with van der Waals surface area (Å²) in [5, 5.41) is 4.59. The number of nitrogens with zero attached hydrogens (tertiary/aromatic N) is 1. The van der Waals surface area contributed by atoms with Crippen molar-refractivity contribution >= 4 is 21.6 Å². The molecule has 1 saturated heterocycles. The van der Waals surface area contributed by atoms with E-state index in [1.54, 1.807) is 11.3 Å². The van der Waals surface area contributed by atoms with Crippen LogP contribution >= 0.6 is 11.3 Å². The van der Waals surface area contributed by atoms with Crippen molar-refractivity contribution in [2.45, 2.75) is 38.7 Å². The molecule has 0 saturated carbocycles. The number of ether oxygens (including phenoxy) is 1.